The van der Waals surface area contributed by atoms with Crippen molar-refractivity contribution in [1.82, 2.24) is 13.9 Å². The van der Waals surface area contributed by atoms with Crippen LogP contribution >= 0.6 is 11.8 Å². The van der Waals surface area contributed by atoms with E-state index < -0.39 is 10.2 Å². The molecule has 0 amide bonds. The molecule has 1 rings (SSSR count). The number of nitrogens with zero attached hydrogens (tertiary/aromatic N) is 2. The lowest BCUT2D eigenvalue weighted by atomic mass is 10.2. The molecule has 1 saturated heterocycles. The Balaban J connectivity index is 2.49. The number of thioether (sulfide) groups is 1. The predicted molar refractivity (Wildman–Crippen MR) is 87.4 cm³/mol. The molecule has 2 unspecified atom stereocenters. The molecule has 1 aliphatic rings. The molecule has 5 nitrogen and oxygen atoms in total. The van der Waals surface area contributed by atoms with Gasteiger partial charge in [0.05, 0.1) is 0 Å². The summed E-state index contributed by atoms with van der Waals surface area (Å²) in [6, 6.07) is 0.0689. The fourth-order valence-electron chi connectivity index (χ4n) is 2.25. The Hall–Kier alpha value is 0.180. The van der Waals surface area contributed by atoms with Crippen LogP contribution in [0.1, 0.15) is 33.6 Å². The van der Waals surface area contributed by atoms with Gasteiger partial charge < -0.3 is 5.32 Å². The fraction of sp³-hybridized carbons (Fsp3) is 1.00. The lowest BCUT2D eigenvalue weighted by Crippen LogP contribution is -2.52. The standard InChI is InChI=1S/C13H29N3O2S2/c1-5-7-14-8-6-9-15(4)20(17,18)16-10-11-19-13(3)12(16)2/h12-14H,5-11H2,1-4H3. The Kier molecular flexibility index (Phi) is 7.82. The van der Waals surface area contributed by atoms with E-state index in [0.29, 0.717) is 18.3 Å². The minimum absolute atomic E-state index is 0.0689. The van der Waals surface area contributed by atoms with Crippen molar-refractivity contribution in [2.75, 3.05) is 39.0 Å². The summed E-state index contributed by atoms with van der Waals surface area (Å²) in [5.74, 6) is 0.886. The second-order valence-electron chi connectivity index (χ2n) is 5.36. The highest BCUT2D eigenvalue weighted by Crippen LogP contribution is 2.27. The van der Waals surface area contributed by atoms with Gasteiger partial charge in [0, 0.05) is 37.2 Å². The molecule has 0 radical (unpaired) electrons. The van der Waals surface area contributed by atoms with E-state index in [0.717, 1.165) is 31.7 Å². The van der Waals surface area contributed by atoms with Crippen LogP contribution in [-0.4, -0.2) is 67.3 Å². The van der Waals surface area contributed by atoms with Gasteiger partial charge in [-0.2, -0.15) is 28.8 Å². The summed E-state index contributed by atoms with van der Waals surface area (Å²) >= 11 is 1.85. The molecule has 0 bridgehead atoms. The molecule has 1 heterocycles. The van der Waals surface area contributed by atoms with E-state index in [1.807, 2.05) is 18.7 Å². The normalized spacial score (nSPS) is 25.2. The summed E-state index contributed by atoms with van der Waals surface area (Å²) in [5, 5.41) is 3.66. The van der Waals surface area contributed by atoms with Gasteiger partial charge >= 0.3 is 0 Å². The number of rotatable bonds is 8. The number of hydrogen-bond acceptors (Lipinski definition) is 4. The first-order chi connectivity index (χ1) is 9.41. The van der Waals surface area contributed by atoms with Crippen LogP contribution in [0.3, 0.4) is 0 Å². The highest BCUT2D eigenvalue weighted by Gasteiger charge is 2.35. The fourth-order valence-corrected chi connectivity index (χ4v) is 5.19. The van der Waals surface area contributed by atoms with Gasteiger partial charge in [0.25, 0.3) is 10.2 Å². The highest BCUT2D eigenvalue weighted by molar-refractivity contribution is 8.00. The molecule has 120 valence electrons. The largest absolute Gasteiger partial charge is 0.317 e. The van der Waals surface area contributed by atoms with E-state index in [4.69, 9.17) is 0 Å². The Morgan fingerprint density at radius 3 is 2.70 bits per heavy atom. The van der Waals surface area contributed by atoms with Gasteiger partial charge in [-0.05, 0) is 32.9 Å². The van der Waals surface area contributed by atoms with Crippen LogP contribution in [0, 0.1) is 0 Å². The van der Waals surface area contributed by atoms with Crippen LogP contribution in [0.25, 0.3) is 0 Å². The molecule has 7 heteroatoms. The summed E-state index contributed by atoms with van der Waals surface area (Å²) in [7, 11) is -1.62. The molecule has 0 aromatic rings. The van der Waals surface area contributed by atoms with Crippen molar-refractivity contribution in [1.29, 1.82) is 0 Å². The van der Waals surface area contributed by atoms with Crippen molar-refractivity contribution >= 4 is 22.0 Å². The first kappa shape index (κ1) is 18.2. The molecule has 0 spiro atoms. The summed E-state index contributed by atoms with van der Waals surface area (Å²) in [4.78, 5) is 0. The summed E-state index contributed by atoms with van der Waals surface area (Å²) in [5.41, 5.74) is 0. The summed E-state index contributed by atoms with van der Waals surface area (Å²) in [6.45, 7) is 9.29. The molecule has 0 saturated carbocycles. The maximum atomic E-state index is 12.6. The van der Waals surface area contributed by atoms with Crippen molar-refractivity contribution < 1.29 is 8.42 Å². The molecule has 20 heavy (non-hydrogen) atoms. The third-order valence-electron chi connectivity index (χ3n) is 3.77. The van der Waals surface area contributed by atoms with Crippen LogP contribution in [0.4, 0.5) is 0 Å². The molecular formula is C13H29N3O2S2. The van der Waals surface area contributed by atoms with Gasteiger partial charge in [0.2, 0.25) is 0 Å². The van der Waals surface area contributed by atoms with Crippen molar-refractivity contribution in [3.63, 3.8) is 0 Å². The van der Waals surface area contributed by atoms with Crippen LogP contribution in [0.2, 0.25) is 0 Å². The number of hydrogen-bond donors (Lipinski definition) is 1. The predicted octanol–water partition coefficient (Wildman–Crippen LogP) is 1.38. The molecule has 0 aliphatic carbocycles. The topological polar surface area (TPSA) is 52.7 Å². The maximum absolute atomic E-state index is 12.6. The van der Waals surface area contributed by atoms with E-state index >= 15 is 0 Å². The molecule has 0 aromatic carbocycles. The van der Waals surface area contributed by atoms with Crippen molar-refractivity contribution in [2.45, 2.75) is 44.9 Å². The van der Waals surface area contributed by atoms with E-state index in [-0.39, 0.29) is 6.04 Å². The van der Waals surface area contributed by atoms with Crippen molar-refractivity contribution in [3.8, 4) is 0 Å². The third kappa shape index (κ3) is 4.87. The average Bonchev–Trinajstić information content (AvgIpc) is 2.41. The molecule has 1 N–H and O–H groups in total. The molecule has 2 atom stereocenters. The first-order valence-electron chi connectivity index (χ1n) is 7.46. The Morgan fingerprint density at radius 1 is 1.35 bits per heavy atom. The van der Waals surface area contributed by atoms with Gasteiger partial charge in [-0.3, -0.25) is 0 Å². The number of nitrogens with one attached hydrogen (secondary N) is 1. The molecule has 1 aliphatic heterocycles. The zero-order chi connectivity index (χ0) is 15.2. The zero-order valence-corrected chi connectivity index (χ0v) is 14.8. The Morgan fingerprint density at radius 2 is 2.05 bits per heavy atom. The smallest absolute Gasteiger partial charge is 0.282 e. The van der Waals surface area contributed by atoms with Gasteiger partial charge in [0.1, 0.15) is 0 Å². The van der Waals surface area contributed by atoms with Crippen LogP contribution in [-0.2, 0) is 10.2 Å². The van der Waals surface area contributed by atoms with E-state index in [2.05, 4.69) is 19.2 Å². The monoisotopic (exact) mass is 323 g/mol. The quantitative estimate of drug-likeness (QED) is 0.686. The van der Waals surface area contributed by atoms with Crippen LogP contribution in [0.15, 0.2) is 0 Å². The minimum atomic E-state index is -3.31. The average molecular weight is 324 g/mol. The molecule has 1 fully saturated rings. The van der Waals surface area contributed by atoms with Crippen molar-refractivity contribution in [2.24, 2.45) is 0 Å². The second kappa shape index (κ2) is 8.58. The Labute approximate surface area is 128 Å². The zero-order valence-electron chi connectivity index (χ0n) is 13.1. The SMILES string of the molecule is CCCNCCCN(C)S(=O)(=O)N1CCSC(C)C1C. The third-order valence-corrected chi connectivity index (χ3v) is 7.19. The van der Waals surface area contributed by atoms with E-state index in [1.54, 1.807) is 11.4 Å². The van der Waals surface area contributed by atoms with Crippen molar-refractivity contribution in [3.05, 3.63) is 0 Å². The van der Waals surface area contributed by atoms with Gasteiger partial charge in [-0.25, -0.2) is 0 Å². The minimum Gasteiger partial charge on any atom is -0.317 e. The first-order valence-corrected chi connectivity index (χ1v) is 9.91. The van der Waals surface area contributed by atoms with Crippen LogP contribution in [0.5, 0.6) is 0 Å². The lowest BCUT2D eigenvalue weighted by Gasteiger charge is -2.38. The molecule has 0 aromatic heterocycles. The maximum Gasteiger partial charge on any atom is 0.282 e. The van der Waals surface area contributed by atoms with E-state index in [9.17, 15) is 8.42 Å². The van der Waals surface area contributed by atoms with Gasteiger partial charge in [-0.15, -0.1) is 0 Å². The summed E-state index contributed by atoms with van der Waals surface area (Å²) in [6.07, 6.45) is 1.96. The van der Waals surface area contributed by atoms with E-state index in [1.165, 1.54) is 4.31 Å². The van der Waals surface area contributed by atoms with Gasteiger partial charge in [0.15, 0.2) is 0 Å². The summed E-state index contributed by atoms with van der Waals surface area (Å²) < 4.78 is 28.3. The van der Waals surface area contributed by atoms with Gasteiger partial charge in [-0.1, -0.05) is 13.8 Å². The lowest BCUT2D eigenvalue weighted by molar-refractivity contribution is 0.307. The highest BCUT2D eigenvalue weighted by atomic mass is 32.2. The Bertz CT molecular complexity index is 376. The molecular weight excluding hydrogens is 294 g/mol. The van der Waals surface area contributed by atoms with Crippen LogP contribution < -0.4 is 5.32 Å². The second-order valence-corrected chi connectivity index (χ2v) is 8.83.